The summed E-state index contributed by atoms with van der Waals surface area (Å²) < 4.78 is 13.8. The molecule has 0 aliphatic heterocycles. The van der Waals surface area contributed by atoms with E-state index in [0.717, 1.165) is 24.3 Å². The van der Waals surface area contributed by atoms with Gasteiger partial charge in [-0.2, -0.15) is 0 Å². The first kappa shape index (κ1) is 14.0. The van der Waals surface area contributed by atoms with Gasteiger partial charge < -0.3 is 5.11 Å². The average Bonchev–Trinajstić information content (AvgIpc) is 2.86. The van der Waals surface area contributed by atoms with Crippen molar-refractivity contribution in [3.05, 3.63) is 34.1 Å². The number of halogens is 2. The first-order valence-corrected chi connectivity index (χ1v) is 7.57. The molecule has 0 saturated heterocycles. The molecule has 0 heterocycles. The van der Waals surface area contributed by atoms with Crippen molar-refractivity contribution in [2.24, 2.45) is 5.92 Å². The van der Waals surface area contributed by atoms with Crippen molar-refractivity contribution in [2.75, 3.05) is 0 Å². The summed E-state index contributed by atoms with van der Waals surface area (Å²) in [5.74, 6) is 0.547. The molecule has 1 N–H and O–H groups in total. The van der Waals surface area contributed by atoms with Crippen LogP contribution in [0.2, 0.25) is 0 Å². The summed E-state index contributed by atoms with van der Waals surface area (Å²) in [5.41, 5.74) is 0.855. The van der Waals surface area contributed by atoms with Gasteiger partial charge in [0, 0.05) is 0 Å². The van der Waals surface area contributed by atoms with Crippen LogP contribution >= 0.6 is 15.9 Å². The van der Waals surface area contributed by atoms with Gasteiger partial charge in [-0.05, 0) is 52.7 Å². The van der Waals surface area contributed by atoms with Crippen molar-refractivity contribution in [1.82, 2.24) is 0 Å². The molecule has 1 atom stereocenters. The summed E-state index contributed by atoms with van der Waals surface area (Å²) in [6.07, 6.45) is 7.43. The number of rotatable bonds is 5. The number of aliphatic hydroxyl groups is 1. The van der Waals surface area contributed by atoms with E-state index in [2.05, 4.69) is 15.9 Å². The number of hydrogen-bond donors (Lipinski definition) is 1. The Balaban J connectivity index is 1.82. The summed E-state index contributed by atoms with van der Waals surface area (Å²) in [6.45, 7) is 0. The molecule has 0 amide bonds. The summed E-state index contributed by atoms with van der Waals surface area (Å²) in [7, 11) is 0. The minimum Gasteiger partial charge on any atom is -0.393 e. The first-order chi connectivity index (χ1) is 8.66. The molecule has 1 nitrogen and oxygen atoms in total. The second kappa shape index (κ2) is 6.67. The highest BCUT2D eigenvalue weighted by atomic mass is 79.9. The molecular formula is C15H20BrFO. The topological polar surface area (TPSA) is 20.2 Å². The highest BCUT2D eigenvalue weighted by Crippen LogP contribution is 2.29. The number of hydrogen-bond acceptors (Lipinski definition) is 1. The Bertz CT molecular complexity index is 388. The van der Waals surface area contributed by atoms with Gasteiger partial charge in [-0.25, -0.2) is 4.39 Å². The van der Waals surface area contributed by atoms with Crippen molar-refractivity contribution in [3.63, 3.8) is 0 Å². The molecule has 3 heteroatoms. The van der Waals surface area contributed by atoms with Crippen LogP contribution in [0.25, 0.3) is 0 Å². The van der Waals surface area contributed by atoms with E-state index in [4.69, 9.17) is 0 Å². The molecule has 100 valence electrons. The van der Waals surface area contributed by atoms with Crippen LogP contribution in [0.4, 0.5) is 4.39 Å². The molecule has 0 radical (unpaired) electrons. The normalized spacial score (nSPS) is 18.2. The molecule has 18 heavy (non-hydrogen) atoms. The smallest absolute Gasteiger partial charge is 0.137 e. The molecule has 0 bridgehead atoms. The highest BCUT2D eigenvalue weighted by Gasteiger charge is 2.17. The zero-order valence-corrected chi connectivity index (χ0v) is 12.1. The van der Waals surface area contributed by atoms with Crippen molar-refractivity contribution in [1.29, 1.82) is 0 Å². The van der Waals surface area contributed by atoms with Crippen LogP contribution in [-0.4, -0.2) is 11.2 Å². The summed E-state index contributed by atoms with van der Waals surface area (Å²) in [5, 5.41) is 10.0. The van der Waals surface area contributed by atoms with Crippen LogP contribution in [0, 0.1) is 11.7 Å². The van der Waals surface area contributed by atoms with Gasteiger partial charge in [0.2, 0.25) is 0 Å². The lowest BCUT2D eigenvalue weighted by Crippen LogP contribution is -2.12. The van der Waals surface area contributed by atoms with E-state index in [1.807, 2.05) is 6.07 Å². The monoisotopic (exact) mass is 314 g/mol. The Morgan fingerprint density at radius 2 is 2.06 bits per heavy atom. The summed E-state index contributed by atoms with van der Waals surface area (Å²) >= 11 is 3.24. The van der Waals surface area contributed by atoms with E-state index in [1.165, 1.54) is 31.7 Å². The van der Waals surface area contributed by atoms with Gasteiger partial charge in [0.05, 0.1) is 10.6 Å². The van der Waals surface area contributed by atoms with Gasteiger partial charge in [0.1, 0.15) is 5.82 Å². The van der Waals surface area contributed by atoms with Crippen LogP contribution in [0.1, 0.15) is 44.1 Å². The number of benzene rings is 1. The van der Waals surface area contributed by atoms with Gasteiger partial charge >= 0.3 is 0 Å². The Morgan fingerprint density at radius 1 is 1.33 bits per heavy atom. The minimum atomic E-state index is -0.358. The van der Waals surface area contributed by atoms with Gasteiger partial charge in [-0.15, -0.1) is 0 Å². The quantitative estimate of drug-likeness (QED) is 0.850. The number of aliphatic hydroxyl groups excluding tert-OH is 1. The van der Waals surface area contributed by atoms with Gasteiger partial charge in [0.15, 0.2) is 0 Å². The third kappa shape index (κ3) is 3.79. The van der Waals surface area contributed by atoms with Crippen molar-refractivity contribution in [2.45, 2.75) is 51.0 Å². The van der Waals surface area contributed by atoms with E-state index in [-0.39, 0.29) is 11.9 Å². The molecule has 1 aromatic rings. The predicted molar refractivity (Wildman–Crippen MR) is 75.0 cm³/mol. The maximum atomic E-state index is 13.3. The van der Waals surface area contributed by atoms with Crippen LogP contribution < -0.4 is 0 Å². The second-order valence-corrected chi connectivity index (χ2v) is 6.09. The summed E-state index contributed by atoms with van der Waals surface area (Å²) in [4.78, 5) is 0. The maximum Gasteiger partial charge on any atom is 0.137 e. The average molecular weight is 315 g/mol. The maximum absolute atomic E-state index is 13.3. The van der Waals surface area contributed by atoms with Crippen LogP contribution in [0.5, 0.6) is 0 Å². The Kier molecular flexibility index (Phi) is 5.19. The van der Waals surface area contributed by atoms with Crippen LogP contribution in [-0.2, 0) is 6.42 Å². The van der Waals surface area contributed by atoms with E-state index in [9.17, 15) is 9.50 Å². The van der Waals surface area contributed by atoms with E-state index >= 15 is 0 Å². The van der Waals surface area contributed by atoms with E-state index in [0.29, 0.717) is 10.9 Å². The molecule has 1 unspecified atom stereocenters. The lowest BCUT2D eigenvalue weighted by molar-refractivity contribution is 0.154. The Hall–Kier alpha value is -0.410. The Morgan fingerprint density at radius 3 is 2.78 bits per heavy atom. The van der Waals surface area contributed by atoms with Crippen LogP contribution in [0.3, 0.4) is 0 Å². The summed E-state index contributed by atoms with van der Waals surface area (Å²) in [6, 6.07) is 4.99. The zero-order chi connectivity index (χ0) is 13.0. The largest absolute Gasteiger partial charge is 0.393 e. The third-order valence-corrected chi connectivity index (χ3v) is 4.76. The minimum absolute atomic E-state index is 0.254. The fraction of sp³-hybridized carbons (Fsp3) is 0.600. The predicted octanol–water partition coefficient (Wildman–Crippen LogP) is 4.46. The molecule has 1 aliphatic rings. The Labute approximate surface area is 117 Å². The molecule has 1 fully saturated rings. The molecule has 0 aromatic heterocycles. The molecule has 1 aliphatic carbocycles. The van der Waals surface area contributed by atoms with E-state index in [1.54, 1.807) is 6.07 Å². The van der Waals surface area contributed by atoms with E-state index < -0.39 is 0 Å². The molecule has 1 saturated carbocycles. The third-order valence-electron chi connectivity index (χ3n) is 3.87. The molecule has 1 aromatic carbocycles. The van der Waals surface area contributed by atoms with Crippen molar-refractivity contribution in [3.8, 4) is 0 Å². The zero-order valence-electron chi connectivity index (χ0n) is 10.5. The van der Waals surface area contributed by atoms with Crippen molar-refractivity contribution >= 4 is 15.9 Å². The second-order valence-electron chi connectivity index (χ2n) is 5.30. The molecule has 2 rings (SSSR count). The van der Waals surface area contributed by atoms with Gasteiger partial charge in [0.25, 0.3) is 0 Å². The van der Waals surface area contributed by atoms with Crippen molar-refractivity contribution < 1.29 is 9.50 Å². The standard InChI is InChI=1S/C15H20BrFO/c16-15-12(6-3-7-14(15)17)10-13(18)9-8-11-4-1-2-5-11/h3,6-7,11,13,18H,1-2,4-5,8-10H2. The van der Waals surface area contributed by atoms with Gasteiger partial charge in [-0.1, -0.05) is 37.8 Å². The SMILES string of the molecule is OC(CCC1CCCC1)Cc1cccc(F)c1Br. The lowest BCUT2D eigenvalue weighted by atomic mass is 9.97. The first-order valence-electron chi connectivity index (χ1n) is 6.77. The molecular weight excluding hydrogens is 295 g/mol. The fourth-order valence-electron chi connectivity index (χ4n) is 2.79. The molecule has 0 spiro atoms. The highest BCUT2D eigenvalue weighted by molar-refractivity contribution is 9.10. The van der Waals surface area contributed by atoms with Gasteiger partial charge in [-0.3, -0.25) is 0 Å². The van der Waals surface area contributed by atoms with Crippen LogP contribution in [0.15, 0.2) is 22.7 Å². The fourth-order valence-corrected chi connectivity index (χ4v) is 3.22. The lowest BCUT2D eigenvalue weighted by Gasteiger charge is -2.14.